The van der Waals surface area contributed by atoms with Crippen molar-refractivity contribution in [3.05, 3.63) is 40.6 Å². The average molecular weight is 613 g/mol. The van der Waals surface area contributed by atoms with Crippen LogP contribution in [-0.4, -0.2) is 53.2 Å². The van der Waals surface area contributed by atoms with Crippen molar-refractivity contribution in [2.45, 2.75) is 96.6 Å². The number of methoxy groups -OCH3 is 1. The molecule has 11 heteroatoms. The van der Waals surface area contributed by atoms with Crippen molar-refractivity contribution in [3.8, 4) is 5.75 Å². The van der Waals surface area contributed by atoms with Crippen LogP contribution in [0.3, 0.4) is 0 Å². The molecule has 4 N–H and O–H groups in total. The third kappa shape index (κ3) is 6.14. The van der Waals surface area contributed by atoms with Gasteiger partial charge >= 0.3 is 11.9 Å². The number of ketones is 1. The van der Waals surface area contributed by atoms with E-state index in [2.05, 4.69) is 19.2 Å². The van der Waals surface area contributed by atoms with E-state index in [4.69, 9.17) is 9.47 Å². The van der Waals surface area contributed by atoms with Crippen LogP contribution >= 0.6 is 0 Å². The average Bonchev–Trinajstić information content (AvgIpc) is 3.32. The van der Waals surface area contributed by atoms with Crippen molar-refractivity contribution in [1.29, 1.82) is 0 Å². The third-order valence-electron chi connectivity index (χ3n) is 11.3. The van der Waals surface area contributed by atoms with Gasteiger partial charge in [-0.3, -0.25) is 14.4 Å². The van der Waals surface area contributed by atoms with Crippen molar-refractivity contribution >= 4 is 29.3 Å². The highest BCUT2D eigenvalue weighted by molar-refractivity contribution is 5.91. The maximum atomic E-state index is 13.0. The summed E-state index contributed by atoms with van der Waals surface area (Å²) in [6.07, 6.45) is 8.77. The Balaban J connectivity index is 1.15. The fourth-order valence-electron chi connectivity index (χ4n) is 8.86. The Labute approximate surface area is 257 Å². The number of fused-ring (bicyclic) bond motifs is 5. The monoisotopic (exact) mass is 612 g/mol. The van der Waals surface area contributed by atoms with Gasteiger partial charge in [-0.25, -0.2) is 10.0 Å². The van der Waals surface area contributed by atoms with E-state index in [1.165, 1.54) is 30.9 Å². The van der Waals surface area contributed by atoms with Crippen LogP contribution in [0.1, 0.15) is 83.6 Å². The molecule has 1 amide bonds. The van der Waals surface area contributed by atoms with E-state index in [9.17, 15) is 34.7 Å². The summed E-state index contributed by atoms with van der Waals surface area (Å²) in [4.78, 5) is 50.2. The molecule has 0 bridgehead atoms. The first-order valence-corrected chi connectivity index (χ1v) is 15.7. The van der Waals surface area contributed by atoms with E-state index in [0.717, 1.165) is 44.9 Å². The molecule has 0 aliphatic heterocycles. The number of allylic oxidation sites excluding steroid dienone is 1. The number of nitrogens with one attached hydrogen (secondary N) is 2. The number of phenolic OH excluding ortho intramolecular Hbond substituents is 1. The molecule has 11 nitrogen and oxygen atoms in total. The zero-order valence-electron chi connectivity index (χ0n) is 25.7. The minimum Gasteiger partial charge on any atom is -0.595 e. The number of rotatable bonds is 9. The van der Waals surface area contributed by atoms with Gasteiger partial charge in [0.25, 0.3) is 0 Å². The molecule has 5 rings (SSSR count). The number of aromatic hydroxyl groups is 1. The van der Waals surface area contributed by atoms with Gasteiger partial charge in [0.1, 0.15) is 12.1 Å². The number of esters is 2. The molecule has 240 valence electrons. The van der Waals surface area contributed by atoms with Crippen LogP contribution in [0.4, 0.5) is 5.69 Å². The number of carbonyl (C=O) groups is 4. The lowest BCUT2D eigenvalue weighted by molar-refractivity contribution is -0.991. The summed E-state index contributed by atoms with van der Waals surface area (Å²) in [6.45, 7) is 4.61. The Kier molecular flexibility index (Phi) is 9.21. The predicted octanol–water partition coefficient (Wildman–Crippen LogP) is 3.22. The summed E-state index contributed by atoms with van der Waals surface area (Å²) >= 11 is 0. The topological polar surface area (TPSA) is 167 Å². The van der Waals surface area contributed by atoms with Gasteiger partial charge in [-0.15, -0.1) is 0 Å². The van der Waals surface area contributed by atoms with Crippen LogP contribution in [0.15, 0.2) is 29.8 Å². The number of phenols is 1. The van der Waals surface area contributed by atoms with Crippen LogP contribution in [0.2, 0.25) is 0 Å². The summed E-state index contributed by atoms with van der Waals surface area (Å²) in [5, 5.41) is 31.6. The smallest absolute Gasteiger partial charge is 0.328 e. The van der Waals surface area contributed by atoms with Crippen LogP contribution in [0, 0.1) is 33.8 Å². The fraction of sp³-hybridized carbons (Fsp3) is 0.636. The molecular weight excluding hydrogens is 568 g/mol. The molecule has 4 aliphatic carbocycles. The Bertz CT molecular complexity index is 1340. The molecule has 1 unspecified atom stereocenters. The maximum absolute atomic E-state index is 13.0. The van der Waals surface area contributed by atoms with E-state index >= 15 is 0 Å². The molecule has 0 saturated heterocycles. The lowest BCUT2D eigenvalue weighted by atomic mass is 9.47. The van der Waals surface area contributed by atoms with Gasteiger partial charge in [0.15, 0.2) is 11.5 Å². The molecule has 4 aliphatic rings. The first-order valence-electron chi connectivity index (χ1n) is 15.7. The molecule has 0 spiro atoms. The van der Waals surface area contributed by atoms with Gasteiger partial charge in [-0.2, -0.15) is 5.23 Å². The molecular formula is C33H44N2O9. The van der Waals surface area contributed by atoms with Crippen molar-refractivity contribution in [1.82, 2.24) is 5.32 Å². The highest BCUT2D eigenvalue weighted by atomic mass is 16.8. The normalized spacial score (nSPS) is 32.3. The number of quaternary nitrogens is 1. The van der Waals surface area contributed by atoms with E-state index in [-0.39, 0.29) is 47.7 Å². The van der Waals surface area contributed by atoms with E-state index in [1.54, 1.807) is 0 Å². The largest absolute Gasteiger partial charge is 0.595 e. The Hall–Kier alpha value is -3.28. The minimum atomic E-state index is -1.32. The Morgan fingerprint density at radius 1 is 1.09 bits per heavy atom. The van der Waals surface area contributed by atoms with E-state index < -0.39 is 34.9 Å². The molecule has 44 heavy (non-hydrogen) atoms. The maximum Gasteiger partial charge on any atom is 0.328 e. The molecule has 3 fully saturated rings. The Morgan fingerprint density at radius 2 is 1.86 bits per heavy atom. The zero-order chi connectivity index (χ0) is 31.8. The second kappa shape index (κ2) is 12.6. The summed E-state index contributed by atoms with van der Waals surface area (Å²) < 4.78 is 10.8. The van der Waals surface area contributed by atoms with Gasteiger partial charge < -0.3 is 25.1 Å². The van der Waals surface area contributed by atoms with Crippen molar-refractivity contribution in [2.24, 2.45) is 28.6 Å². The second-order valence-electron chi connectivity index (χ2n) is 13.6. The molecule has 8 atom stereocenters. The summed E-state index contributed by atoms with van der Waals surface area (Å²) in [7, 11) is 1.18. The number of ether oxygens (including phenoxy) is 2. The van der Waals surface area contributed by atoms with E-state index in [1.807, 2.05) is 6.08 Å². The van der Waals surface area contributed by atoms with Crippen molar-refractivity contribution in [2.75, 3.05) is 7.11 Å². The lowest BCUT2D eigenvalue weighted by Gasteiger charge is -2.57. The highest BCUT2D eigenvalue weighted by Gasteiger charge is 2.60. The van der Waals surface area contributed by atoms with Gasteiger partial charge in [0.05, 0.1) is 13.5 Å². The SMILES string of the molecule is COC(=O)[C@H](Cc1ccc(O)c([NH+]([O-])O)c1)NC(=O)CCC(=O)O[C@H]1CC[C@H]2[C@@H]3CCC4=CC(=O)CC[C@]4(C)[C@H]3CC[C@]12C. The minimum absolute atomic E-state index is 0.0555. The molecule has 1 aromatic carbocycles. The van der Waals surface area contributed by atoms with E-state index in [0.29, 0.717) is 29.7 Å². The van der Waals surface area contributed by atoms with Crippen LogP contribution in [0.5, 0.6) is 5.75 Å². The number of hydrogen-bond donors (Lipinski definition) is 4. The van der Waals surface area contributed by atoms with Gasteiger partial charge in [0.2, 0.25) is 11.6 Å². The number of benzene rings is 1. The van der Waals surface area contributed by atoms with Crippen LogP contribution in [-0.2, 0) is 35.1 Å². The molecule has 0 heterocycles. The highest BCUT2D eigenvalue weighted by Crippen LogP contribution is 2.65. The van der Waals surface area contributed by atoms with Crippen LogP contribution < -0.4 is 10.5 Å². The van der Waals surface area contributed by atoms with Crippen LogP contribution in [0.25, 0.3) is 0 Å². The quantitative estimate of drug-likeness (QED) is 0.186. The molecule has 0 radical (unpaired) electrons. The Morgan fingerprint density at radius 3 is 2.59 bits per heavy atom. The molecule has 3 saturated carbocycles. The van der Waals surface area contributed by atoms with Crippen molar-refractivity contribution < 1.29 is 44.2 Å². The zero-order valence-corrected chi connectivity index (χ0v) is 25.7. The molecule has 1 aromatic rings. The summed E-state index contributed by atoms with van der Waals surface area (Å²) in [6, 6.07) is 2.81. The second-order valence-corrected chi connectivity index (χ2v) is 13.6. The van der Waals surface area contributed by atoms with Gasteiger partial charge in [0, 0.05) is 30.7 Å². The standard InChI is InChI=1S/C33H44N2O9/c1-32-14-12-21(36)18-20(32)5-6-22-23-7-9-28(33(23,2)15-13-24(22)32)44-30(39)11-10-29(38)34-25(31(40)43-3)16-19-4-8-27(37)26(17-19)35(41)42/h4,8,17-18,22-25,28,35,37,41H,5-7,9-16H2,1-3H3,(H,34,38)/t22-,23-,24-,25-,28-,32-,33-/m0/s1. The fourth-order valence-corrected chi connectivity index (χ4v) is 8.86. The van der Waals surface area contributed by atoms with Crippen molar-refractivity contribution in [3.63, 3.8) is 0 Å². The summed E-state index contributed by atoms with van der Waals surface area (Å²) in [5.74, 6) is -0.288. The molecule has 0 aromatic heterocycles. The number of hydrogen-bond acceptors (Lipinski definition) is 9. The lowest BCUT2D eigenvalue weighted by Crippen LogP contribution is -2.99. The predicted molar refractivity (Wildman–Crippen MR) is 157 cm³/mol. The third-order valence-corrected chi connectivity index (χ3v) is 11.3. The first kappa shape index (κ1) is 32.1. The first-order chi connectivity index (χ1) is 20.9. The number of carbonyl (C=O) groups excluding carboxylic acids is 4. The van der Waals surface area contributed by atoms with Gasteiger partial charge in [-0.1, -0.05) is 25.5 Å². The summed E-state index contributed by atoms with van der Waals surface area (Å²) in [5.41, 5.74) is 1.39. The number of amides is 1. The van der Waals surface area contributed by atoms with Gasteiger partial charge in [-0.05, 0) is 85.8 Å².